The second kappa shape index (κ2) is 10.00. The average Bonchev–Trinajstić information content (AvgIpc) is 3.20. The molecule has 1 unspecified atom stereocenters. The molecule has 8 heteroatoms. The fraction of sp³-hybridized carbons (Fsp3) is 0.292. The molecular weight excluding hydrogens is 410 g/mol. The first-order chi connectivity index (χ1) is 15.4. The van der Waals surface area contributed by atoms with E-state index in [-0.39, 0.29) is 11.9 Å². The summed E-state index contributed by atoms with van der Waals surface area (Å²) in [5, 5.41) is 7.26. The van der Waals surface area contributed by atoms with E-state index in [1.165, 1.54) is 6.20 Å². The zero-order valence-corrected chi connectivity index (χ0v) is 18.8. The number of carbonyl (C=O) groups is 2. The van der Waals surface area contributed by atoms with Crippen molar-refractivity contribution >= 4 is 11.9 Å². The number of methoxy groups -OCH3 is 2. The van der Waals surface area contributed by atoms with Gasteiger partial charge in [0.1, 0.15) is 17.1 Å². The highest BCUT2D eigenvalue weighted by Crippen LogP contribution is 2.29. The number of esters is 1. The summed E-state index contributed by atoms with van der Waals surface area (Å²) in [5.74, 6) is 0.695. The van der Waals surface area contributed by atoms with E-state index >= 15 is 0 Å². The SMILES string of the molecule is CCOC(=O)c1cnn(-c2ccc(C(=O)NC(C)c3ccc(OC)cc3OC)cc2)c1C. The van der Waals surface area contributed by atoms with Crippen molar-refractivity contribution in [2.75, 3.05) is 20.8 Å². The summed E-state index contributed by atoms with van der Waals surface area (Å²) in [6.07, 6.45) is 1.48. The maximum atomic E-state index is 12.8. The number of benzene rings is 2. The van der Waals surface area contributed by atoms with Crippen molar-refractivity contribution in [3.05, 3.63) is 71.0 Å². The Balaban J connectivity index is 1.74. The van der Waals surface area contributed by atoms with E-state index < -0.39 is 5.97 Å². The van der Waals surface area contributed by atoms with Crippen LogP contribution < -0.4 is 14.8 Å². The van der Waals surface area contributed by atoms with E-state index in [0.29, 0.717) is 34.9 Å². The molecule has 1 amide bonds. The lowest BCUT2D eigenvalue weighted by molar-refractivity contribution is 0.0525. The Labute approximate surface area is 187 Å². The van der Waals surface area contributed by atoms with Gasteiger partial charge in [-0.2, -0.15) is 5.10 Å². The molecule has 0 fully saturated rings. The van der Waals surface area contributed by atoms with Crippen LogP contribution >= 0.6 is 0 Å². The molecule has 2 aromatic carbocycles. The Morgan fingerprint density at radius 2 is 1.81 bits per heavy atom. The minimum Gasteiger partial charge on any atom is -0.497 e. The van der Waals surface area contributed by atoms with Crippen LogP contribution in [0.1, 0.15) is 51.9 Å². The summed E-state index contributed by atoms with van der Waals surface area (Å²) in [4.78, 5) is 24.8. The van der Waals surface area contributed by atoms with E-state index in [9.17, 15) is 9.59 Å². The van der Waals surface area contributed by atoms with Gasteiger partial charge in [0.25, 0.3) is 5.91 Å². The normalized spacial score (nSPS) is 11.5. The summed E-state index contributed by atoms with van der Waals surface area (Å²) in [6, 6.07) is 12.2. The van der Waals surface area contributed by atoms with Crippen LogP contribution in [0.4, 0.5) is 0 Å². The molecular formula is C24H27N3O5. The van der Waals surface area contributed by atoms with Gasteiger partial charge in [-0.15, -0.1) is 0 Å². The van der Waals surface area contributed by atoms with E-state index in [1.54, 1.807) is 63.1 Å². The summed E-state index contributed by atoms with van der Waals surface area (Å²) in [6.45, 7) is 5.74. The van der Waals surface area contributed by atoms with Crippen LogP contribution in [0.25, 0.3) is 5.69 Å². The summed E-state index contributed by atoms with van der Waals surface area (Å²) in [7, 11) is 3.17. The molecule has 1 atom stereocenters. The number of aromatic nitrogens is 2. The highest BCUT2D eigenvalue weighted by atomic mass is 16.5. The van der Waals surface area contributed by atoms with Crippen LogP contribution in [0.5, 0.6) is 11.5 Å². The Bertz CT molecular complexity index is 1110. The lowest BCUT2D eigenvalue weighted by Crippen LogP contribution is -2.27. The van der Waals surface area contributed by atoms with Gasteiger partial charge < -0.3 is 19.5 Å². The van der Waals surface area contributed by atoms with Gasteiger partial charge in [0.15, 0.2) is 0 Å². The van der Waals surface area contributed by atoms with Crippen molar-refractivity contribution in [1.82, 2.24) is 15.1 Å². The number of ether oxygens (including phenoxy) is 3. The molecule has 1 heterocycles. The van der Waals surface area contributed by atoms with Crippen molar-refractivity contribution in [2.24, 2.45) is 0 Å². The Morgan fingerprint density at radius 1 is 1.09 bits per heavy atom. The number of carbonyl (C=O) groups excluding carboxylic acids is 2. The van der Waals surface area contributed by atoms with Crippen LogP contribution in [-0.4, -0.2) is 42.5 Å². The lowest BCUT2D eigenvalue weighted by atomic mass is 10.1. The number of rotatable bonds is 8. The maximum Gasteiger partial charge on any atom is 0.341 e. The Morgan fingerprint density at radius 3 is 2.44 bits per heavy atom. The van der Waals surface area contributed by atoms with Crippen LogP contribution in [0.2, 0.25) is 0 Å². The van der Waals surface area contributed by atoms with E-state index in [4.69, 9.17) is 14.2 Å². The molecule has 3 rings (SSSR count). The molecule has 32 heavy (non-hydrogen) atoms. The first-order valence-corrected chi connectivity index (χ1v) is 10.2. The molecule has 0 aliphatic carbocycles. The molecule has 1 N–H and O–H groups in total. The van der Waals surface area contributed by atoms with Crippen LogP contribution in [0.3, 0.4) is 0 Å². The summed E-state index contributed by atoms with van der Waals surface area (Å²) >= 11 is 0. The Hall–Kier alpha value is -3.81. The number of hydrogen-bond acceptors (Lipinski definition) is 6. The lowest BCUT2D eigenvalue weighted by Gasteiger charge is -2.18. The van der Waals surface area contributed by atoms with Gasteiger partial charge in [0.2, 0.25) is 0 Å². The fourth-order valence-corrected chi connectivity index (χ4v) is 3.37. The number of hydrogen-bond donors (Lipinski definition) is 1. The second-order valence-corrected chi connectivity index (χ2v) is 7.13. The number of nitrogens with zero attached hydrogens (tertiary/aromatic N) is 2. The van der Waals surface area contributed by atoms with E-state index in [0.717, 1.165) is 11.3 Å². The van der Waals surface area contributed by atoms with Crippen molar-refractivity contribution in [3.63, 3.8) is 0 Å². The van der Waals surface area contributed by atoms with Crippen molar-refractivity contribution in [3.8, 4) is 17.2 Å². The number of nitrogens with one attached hydrogen (secondary N) is 1. The van der Waals surface area contributed by atoms with Gasteiger partial charge in [-0.05, 0) is 57.2 Å². The molecule has 0 aliphatic heterocycles. The molecule has 0 saturated heterocycles. The minimum absolute atomic E-state index is 0.216. The predicted molar refractivity (Wildman–Crippen MR) is 120 cm³/mol. The largest absolute Gasteiger partial charge is 0.497 e. The molecule has 0 spiro atoms. The molecule has 0 radical (unpaired) electrons. The maximum absolute atomic E-state index is 12.8. The smallest absolute Gasteiger partial charge is 0.341 e. The van der Waals surface area contributed by atoms with Gasteiger partial charge in [0, 0.05) is 17.2 Å². The third-order valence-electron chi connectivity index (χ3n) is 5.13. The standard InChI is InChI=1S/C24H27N3O5/c1-6-32-24(29)21-14-25-27(16(21)3)18-9-7-17(8-10-18)23(28)26-15(2)20-12-11-19(30-4)13-22(20)31-5/h7-15H,6H2,1-5H3,(H,26,28). The molecule has 168 valence electrons. The molecule has 3 aromatic rings. The van der Waals surface area contributed by atoms with Crippen molar-refractivity contribution in [1.29, 1.82) is 0 Å². The van der Waals surface area contributed by atoms with Gasteiger partial charge in [-0.1, -0.05) is 0 Å². The van der Waals surface area contributed by atoms with Crippen LogP contribution in [-0.2, 0) is 4.74 Å². The van der Waals surface area contributed by atoms with Gasteiger partial charge in [-0.3, -0.25) is 4.79 Å². The van der Waals surface area contributed by atoms with Gasteiger partial charge in [-0.25, -0.2) is 9.48 Å². The van der Waals surface area contributed by atoms with Crippen LogP contribution in [0.15, 0.2) is 48.7 Å². The summed E-state index contributed by atoms with van der Waals surface area (Å²) in [5.41, 5.74) is 3.16. The van der Waals surface area contributed by atoms with Gasteiger partial charge >= 0.3 is 5.97 Å². The second-order valence-electron chi connectivity index (χ2n) is 7.13. The Kier molecular flexibility index (Phi) is 7.14. The van der Waals surface area contributed by atoms with Crippen molar-refractivity contribution in [2.45, 2.75) is 26.8 Å². The van der Waals surface area contributed by atoms with Crippen molar-refractivity contribution < 1.29 is 23.8 Å². The van der Waals surface area contributed by atoms with Gasteiger partial charge in [0.05, 0.1) is 44.4 Å². The molecule has 8 nitrogen and oxygen atoms in total. The molecule has 0 saturated carbocycles. The molecule has 0 aliphatic rings. The van der Waals surface area contributed by atoms with E-state index in [2.05, 4.69) is 10.4 Å². The third-order valence-corrected chi connectivity index (χ3v) is 5.13. The highest BCUT2D eigenvalue weighted by Gasteiger charge is 2.18. The number of amides is 1. The van der Waals surface area contributed by atoms with E-state index in [1.807, 2.05) is 19.1 Å². The van der Waals surface area contributed by atoms with Crippen LogP contribution in [0, 0.1) is 6.92 Å². The molecule has 1 aromatic heterocycles. The first-order valence-electron chi connectivity index (χ1n) is 10.2. The predicted octanol–water partition coefficient (Wildman–Crippen LogP) is 3.87. The highest BCUT2D eigenvalue weighted by molar-refractivity contribution is 5.94. The quantitative estimate of drug-likeness (QED) is 0.538. The molecule has 0 bridgehead atoms. The monoisotopic (exact) mass is 437 g/mol. The fourth-order valence-electron chi connectivity index (χ4n) is 3.37. The minimum atomic E-state index is -0.407. The zero-order valence-electron chi connectivity index (χ0n) is 18.8. The zero-order chi connectivity index (χ0) is 23.3. The topological polar surface area (TPSA) is 91.7 Å². The third kappa shape index (κ3) is 4.74. The average molecular weight is 437 g/mol. The summed E-state index contributed by atoms with van der Waals surface area (Å²) < 4.78 is 17.3. The first kappa shape index (κ1) is 22.9.